The quantitative estimate of drug-likeness (QED) is 0.748. The van der Waals surface area contributed by atoms with E-state index in [2.05, 4.69) is 36.6 Å². The molecule has 8 nitrogen and oxygen atoms in total. The van der Waals surface area contributed by atoms with Crippen molar-refractivity contribution in [3.8, 4) is 0 Å². The predicted octanol–water partition coefficient (Wildman–Crippen LogP) is 3.27. The summed E-state index contributed by atoms with van der Waals surface area (Å²) in [7, 11) is 0. The molecule has 0 radical (unpaired) electrons. The van der Waals surface area contributed by atoms with E-state index in [1.165, 1.54) is 12.8 Å². The lowest BCUT2D eigenvalue weighted by Crippen LogP contribution is -2.41. The highest BCUT2D eigenvalue weighted by atomic mass is 16.2. The molecule has 3 aliphatic rings. The van der Waals surface area contributed by atoms with Gasteiger partial charge >= 0.3 is 6.03 Å². The average molecular weight is 387 g/mol. The Morgan fingerprint density at radius 3 is 2.59 bits per heavy atom. The zero-order chi connectivity index (χ0) is 19.8. The second-order valence-corrected chi connectivity index (χ2v) is 7.26. The van der Waals surface area contributed by atoms with Crippen LogP contribution >= 0.6 is 0 Å². The van der Waals surface area contributed by atoms with E-state index in [0.29, 0.717) is 23.1 Å². The Bertz CT molecular complexity index is 1010. The first-order valence-corrected chi connectivity index (χ1v) is 9.56. The third-order valence-corrected chi connectivity index (χ3v) is 5.20. The van der Waals surface area contributed by atoms with Crippen molar-refractivity contribution in [1.82, 2.24) is 9.88 Å². The van der Waals surface area contributed by atoms with E-state index in [0.717, 1.165) is 11.4 Å². The third kappa shape index (κ3) is 3.40. The van der Waals surface area contributed by atoms with Gasteiger partial charge < -0.3 is 26.2 Å². The number of nitrogens with zero attached hydrogens (tertiary/aromatic N) is 4. The summed E-state index contributed by atoms with van der Waals surface area (Å²) < 4.78 is 0. The third-order valence-electron chi connectivity index (χ3n) is 5.20. The fourth-order valence-corrected chi connectivity index (χ4v) is 3.69. The molecule has 1 atom stereocenters. The zero-order valence-electron chi connectivity index (χ0n) is 15.7. The number of pyridine rings is 1. The van der Waals surface area contributed by atoms with Crippen molar-refractivity contribution >= 4 is 28.9 Å². The van der Waals surface area contributed by atoms with E-state index in [1.807, 2.05) is 30.5 Å². The number of nitrogens with one attached hydrogen (secondary N) is 2. The molecule has 2 aromatic rings. The molecule has 1 saturated carbocycles. The molecule has 2 amide bonds. The Balaban J connectivity index is 1.31. The van der Waals surface area contributed by atoms with E-state index >= 15 is 0 Å². The molecule has 29 heavy (non-hydrogen) atoms. The first kappa shape index (κ1) is 17.3. The van der Waals surface area contributed by atoms with E-state index in [4.69, 9.17) is 5.73 Å². The van der Waals surface area contributed by atoms with Gasteiger partial charge in [-0.25, -0.2) is 9.79 Å². The van der Waals surface area contributed by atoms with Crippen LogP contribution in [0.15, 0.2) is 78.1 Å². The van der Waals surface area contributed by atoms with Crippen LogP contribution in [0.5, 0.6) is 0 Å². The normalized spacial score (nSPS) is 20.1. The largest absolute Gasteiger partial charge is 0.382 e. The molecule has 3 heterocycles. The smallest absolute Gasteiger partial charge is 0.323 e. The van der Waals surface area contributed by atoms with Gasteiger partial charge in [0, 0.05) is 36.2 Å². The van der Waals surface area contributed by atoms with Crippen molar-refractivity contribution in [3.05, 3.63) is 73.1 Å². The molecular formula is C21H21N7O. The van der Waals surface area contributed by atoms with Crippen molar-refractivity contribution in [2.24, 2.45) is 16.6 Å². The number of urea groups is 1. The number of hydrogen-bond donors (Lipinski definition) is 3. The fourth-order valence-electron chi connectivity index (χ4n) is 3.69. The van der Waals surface area contributed by atoms with Crippen molar-refractivity contribution in [1.29, 1.82) is 0 Å². The minimum absolute atomic E-state index is 0.211. The van der Waals surface area contributed by atoms with Crippen molar-refractivity contribution in [2.75, 3.05) is 15.5 Å². The second-order valence-electron chi connectivity index (χ2n) is 7.26. The topological polar surface area (TPSA) is 98.9 Å². The standard InChI is InChI=1S/C21H21N7O/c22-19-18-13-28(20(14-3-4-14)27(18)11-10-24-19)17-7-5-15(6-8-17)25-21(29)26-16-2-1-9-23-12-16/h1-2,5-14,20H,3-4H2,(H2,22,24)(H2,25,26,29). The van der Waals surface area contributed by atoms with Gasteiger partial charge in [0.25, 0.3) is 0 Å². The maximum absolute atomic E-state index is 12.2. The minimum atomic E-state index is -0.309. The second kappa shape index (κ2) is 6.97. The highest BCUT2D eigenvalue weighted by Crippen LogP contribution is 2.44. The molecular weight excluding hydrogens is 366 g/mol. The summed E-state index contributed by atoms with van der Waals surface area (Å²) in [6, 6.07) is 11.0. The molecule has 1 aliphatic carbocycles. The molecule has 1 unspecified atom stereocenters. The minimum Gasteiger partial charge on any atom is -0.382 e. The lowest BCUT2D eigenvalue weighted by molar-refractivity contribution is 0.262. The van der Waals surface area contributed by atoms with Gasteiger partial charge in [-0.3, -0.25) is 4.98 Å². The summed E-state index contributed by atoms with van der Waals surface area (Å²) in [5.41, 5.74) is 9.42. The van der Waals surface area contributed by atoms with Crippen LogP contribution < -0.4 is 21.3 Å². The summed E-state index contributed by atoms with van der Waals surface area (Å²) in [5.74, 6) is 1.13. The number of aromatic nitrogens is 1. The van der Waals surface area contributed by atoms with Crippen LogP contribution in [0.4, 0.5) is 21.9 Å². The molecule has 1 fully saturated rings. The highest BCUT2D eigenvalue weighted by molar-refractivity contribution is 6.00. The Kier molecular flexibility index (Phi) is 4.16. The SMILES string of the molecule is NC1=NC=CN2C1=CN(c1ccc(NC(=O)Nc3cccnc3)cc1)C2C1CC1. The van der Waals surface area contributed by atoms with Gasteiger partial charge in [0.1, 0.15) is 17.7 Å². The number of amides is 2. The molecule has 1 aromatic carbocycles. The molecule has 1 aromatic heterocycles. The van der Waals surface area contributed by atoms with Crippen molar-refractivity contribution < 1.29 is 4.79 Å². The molecule has 0 spiro atoms. The maximum atomic E-state index is 12.2. The Labute approximate surface area is 168 Å². The number of benzene rings is 1. The molecule has 0 saturated heterocycles. The van der Waals surface area contributed by atoms with Crippen molar-refractivity contribution in [3.63, 3.8) is 0 Å². The average Bonchev–Trinajstić information content (AvgIpc) is 3.49. The van der Waals surface area contributed by atoms with Crippen LogP contribution in [0.2, 0.25) is 0 Å². The number of anilines is 3. The lowest BCUT2D eigenvalue weighted by Gasteiger charge is -2.32. The van der Waals surface area contributed by atoms with Gasteiger partial charge in [0.2, 0.25) is 0 Å². The van der Waals surface area contributed by atoms with Gasteiger partial charge in [0.05, 0.1) is 11.9 Å². The van der Waals surface area contributed by atoms with Crippen LogP contribution in [0.25, 0.3) is 0 Å². The summed E-state index contributed by atoms with van der Waals surface area (Å²) in [4.78, 5) is 24.8. The number of fused-ring (bicyclic) bond motifs is 1. The van der Waals surface area contributed by atoms with E-state index in [-0.39, 0.29) is 12.2 Å². The predicted molar refractivity (Wildman–Crippen MR) is 113 cm³/mol. The Hall–Kier alpha value is -3.81. The van der Waals surface area contributed by atoms with Crippen LogP contribution in [0.1, 0.15) is 12.8 Å². The first-order chi connectivity index (χ1) is 14.2. The first-order valence-electron chi connectivity index (χ1n) is 9.56. The van der Waals surface area contributed by atoms with E-state index < -0.39 is 0 Å². The summed E-state index contributed by atoms with van der Waals surface area (Å²) in [6.07, 6.45) is 11.7. The maximum Gasteiger partial charge on any atom is 0.323 e. The number of hydrogen-bond acceptors (Lipinski definition) is 6. The Morgan fingerprint density at radius 1 is 1.07 bits per heavy atom. The van der Waals surface area contributed by atoms with Gasteiger partial charge in [-0.1, -0.05) is 0 Å². The number of amidine groups is 1. The molecule has 0 bridgehead atoms. The van der Waals surface area contributed by atoms with E-state index in [1.54, 1.807) is 30.7 Å². The molecule has 146 valence electrons. The van der Waals surface area contributed by atoms with Crippen LogP contribution in [0, 0.1) is 5.92 Å². The monoisotopic (exact) mass is 387 g/mol. The highest BCUT2D eigenvalue weighted by Gasteiger charge is 2.44. The summed E-state index contributed by atoms with van der Waals surface area (Å²) in [5, 5.41) is 5.59. The van der Waals surface area contributed by atoms with Gasteiger partial charge in [0.15, 0.2) is 0 Å². The lowest BCUT2D eigenvalue weighted by atomic mass is 10.2. The van der Waals surface area contributed by atoms with Crippen molar-refractivity contribution in [2.45, 2.75) is 19.0 Å². The Morgan fingerprint density at radius 2 is 1.86 bits per heavy atom. The van der Waals surface area contributed by atoms with Crippen LogP contribution in [-0.2, 0) is 0 Å². The fraction of sp³-hybridized carbons (Fsp3) is 0.190. The van der Waals surface area contributed by atoms with Crippen LogP contribution in [0.3, 0.4) is 0 Å². The summed E-state index contributed by atoms with van der Waals surface area (Å²) >= 11 is 0. The van der Waals surface area contributed by atoms with Gasteiger partial charge in [-0.15, -0.1) is 0 Å². The number of carbonyl (C=O) groups excluding carboxylic acids is 1. The summed E-state index contributed by atoms with van der Waals surface area (Å²) in [6.45, 7) is 0. The zero-order valence-corrected chi connectivity index (χ0v) is 15.7. The number of nitrogens with two attached hydrogens (primary N) is 1. The van der Waals surface area contributed by atoms with E-state index in [9.17, 15) is 4.79 Å². The molecule has 2 aliphatic heterocycles. The van der Waals surface area contributed by atoms with Gasteiger partial charge in [-0.2, -0.15) is 0 Å². The van der Waals surface area contributed by atoms with Gasteiger partial charge in [-0.05, 0) is 55.2 Å². The number of carbonyl (C=O) groups is 1. The number of rotatable bonds is 4. The molecule has 5 rings (SSSR count). The molecule has 8 heteroatoms. The molecule has 4 N–H and O–H groups in total. The van der Waals surface area contributed by atoms with Crippen LogP contribution in [-0.4, -0.2) is 27.9 Å². The number of aliphatic imine (C=N–C) groups is 1.